The first-order chi connectivity index (χ1) is 15.3. The van der Waals surface area contributed by atoms with E-state index in [1.54, 1.807) is 16.3 Å². The van der Waals surface area contributed by atoms with Crippen molar-refractivity contribution in [3.63, 3.8) is 0 Å². The van der Waals surface area contributed by atoms with Gasteiger partial charge in [-0.2, -0.15) is 0 Å². The van der Waals surface area contributed by atoms with E-state index in [4.69, 9.17) is 20.8 Å². The van der Waals surface area contributed by atoms with Gasteiger partial charge in [0.25, 0.3) is 0 Å². The number of ether oxygens (including phenoxy) is 1. The van der Waals surface area contributed by atoms with Gasteiger partial charge in [-0.25, -0.2) is 14.1 Å². The molecule has 0 spiro atoms. The second-order valence-electron chi connectivity index (χ2n) is 7.21. The van der Waals surface area contributed by atoms with Crippen LogP contribution in [0.15, 0.2) is 26.3 Å². The van der Waals surface area contributed by atoms with Crippen LogP contribution in [0.3, 0.4) is 0 Å². The van der Waals surface area contributed by atoms with E-state index in [2.05, 4.69) is 4.99 Å². The lowest BCUT2D eigenvalue weighted by Gasteiger charge is -2.15. The number of benzene rings is 1. The number of aromatic nitrogens is 2. The lowest BCUT2D eigenvalue weighted by molar-refractivity contribution is -0.158. The molecule has 0 aliphatic carbocycles. The van der Waals surface area contributed by atoms with Crippen LogP contribution in [0.4, 0.5) is 10.1 Å². The van der Waals surface area contributed by atoms with Gasteiger partial charge in [-0.15, -0.1) is 0 Å². The molecular weight excluding hydrogens is 465 g/mol. The molecule has 12 heteroatoms. The standard InChI is InChI=1S/C20H19ClFN3O6S/c1-2-30-18(28)12(17(26)27)8-10-7-11-13(21)9-14(22)15(16(11)31-10)23-19-24-5-3-4-6-25(24)20(29)32-19/h7,9,12H,2-6,8H2,1H3,(H,26,27). The number of carboxylic acids is 1. The van der Waals surface area contributed by atoms with Crippen LogP contribution in [-0.2, 0) is 33.8 Å². The third kappa shape index (κ3) is 4.09. The lowest BCUT2D eigenvalue weighted by atomic mass is 10.0. The summed E-state index contributed by atoms with van der Waals surface area (Å²) < 4.78 is 28.6. The maximum absolute atomic E-state index is 14.8. The fourth-order valence-corrected chi connectivity index (χ4v) is 4.71. The zero-order valence-electron chi connectivity index (χ0n) is 17.0. The molecule has 2 aromatic heterocycles. The molecule has 1 aliphatic heterocycles. The predicted octanol–water partition coefficient (Wildman–Crippen LogP) is 3.08. The lowest BCUT2D eigenvalue weighted by Crippen LogP contribution is -2.31. The van der Waals surface area contributed by atoms with E-state index >= 15 is 0 Å². The Bertz CT molecular complexity index is 1340. The molecule has 0 radical (unpaired) electrons. The molecule has 0 saturated carbocycles. The SMILES string of the molecule is CCOC(=O)C(Cc1cc2c(Cl)cc(F)c(N=c3sc(=O)n4n3CCCC4)c2o1)C(=O)O. The number of aliphatic carboxylic acids is 1. The number of carboxylic acid groups (broad SMARTS) is 1. The van der Waals surface area contributed by atoms with Gasteiger partial charge in [0.15, 0.2) is 17.3 Å². The summed E-state index contributed by atoms with van der Waals surface area (Å²) in [7, 11) is 0. The minimum Gasteiger partial charge on any atom is -0.481 e. The summed E-state index contributed by atoms with van der Waals surface area (Å²) >= 11 is 7.08. The van der Waals surface area contributed by atoms with E-state index in [1.165, 1.54) is 6.07 Å². The van der Waals surface area contributed by atoms with Gasteiger partial charge in [-0.1, -0.05) is 11.6 Å². The van der Waals surface area contributed by atoms with E-state index < -0.39 is 23.7 Å². The second kappa shape index (κ2) is 8.91. The highest BCUT2D eigenvalue weighted by molar-refractivity contribution is 7.06. The van der Waals surface area contributed by atoms with E-state index in [0.717, 1.165) is 30.2 Å². The molecule has 3 aromatic rings. The fraction of sp³-hybridized carbons (Fsp3) is 0.400. The topological polar surface area (TPSA) is 116 Å². The molecule has 1 aromatic carbocycles. The monoisotopic (exact) mass is 483 g/mol. The third-order valence-electron chi connectivity index (χ3n) is 5.11. The number of halogens is 2. The van der Waals surface area contributed by atoms with E-state index in [9.17, 15) is 23.9 Å². The smallest absolute Gasteiger partial charge is 0.325 e. The van der Waals surface area contributed by atoms with Crippen molar-refractivity contribution in [3.8, 4) is 0 Å². The highest BCUT2D eigenvalue weighted by Gasteiger charge is 2.30. The largest absolute Gasteiger partial charge is 0.481 e. The predicted molar refractivity (Wildman–Crippen MR) is 114 cm³/mol. The van der Waals surface area contributed by atoms with Crippen LogP contribution in [0.5, 0.6) is 0 Å². The minimum absolute atomic E-state index is 0.00834. The van der Waals surface area contributed by atoms with Gasteiger partial charge in [0.2, 0.25) is 4.80 Å². The number of nitrogens with zero attached hydrogens (tertiary/aromatic N) is 3. The Hall–Kier alpha value is -2.92. The van der Waals surface area contributed by atoms with Crippen LogP contribution >= 0.6 is 22.9 Å². The van der Waals surface area contributed by atoms with Gasteiger partial charge in [0.05, 0.1) is 11.6 Å². The molecule has 0 amide bonds. The van der Waals surface area contributed by atoms with Crippen molar-refractivity contribution in [1.29, 1.82) is 0 Å². The van der Waals surface area contributed by atoms with Crippen LogP contribution < -0.4 is 9.67 Å². The number of hydrogen-bond donors (Lipinski definition) is 1. The number of hydrogen-bond acceptors (Lipinski definition) is 7. The van der Waals surface area contributed by atoms with Gasteiger partial charge in [-0.05, 0) is 43.2 Å². The number of carbonyl (C=O) groups is 2. The van der Waals surface area contributed by atoms with Gasteiger partial charge < -0.3 is 14.3 Å². The van der Waals surface area contributed by atoms with Crippen LogP contribution in [0.1, 0.15) is 25.5 Å². The Kier molecular flexibility index (Phi) is 6.20. The number of fused-ring (bicyclic) bond motifs is 2. The number of esters is 1. The molecule has 170 valence electrons. The molecule has 1 unspecified atom stereocenters. The highest BCUT2D eigenvalue weighted by Crippen LogP contribution is 2.37. The van der Waals surface area contributed by atoms with E-state index in [1.807, 2.05) is 0 Å². The quantitative estimate of drug-likeness (QED) is 0.425. The van der Waals surface area contributed by atoms with Gasteiger partial charge in [0.1, 0.15) is 11.4 Å². The van der Waals surface area contributed by atoms with Gasteiger partial charge >= 0.3 is 16.8 Å². The van der Waals surface area contributed by atoms with Crippen molar-refractivity contribution in [2.75, 3.05) is 6.61 Å². The molecule has 32 heavy (non-hydrogen) atoms. The Morgan fingerprint density at radius 2 is 2.06 bits per heavy atom. The van der Waals surface area contributed by atoms with Crippen LogP contribution in [-0.4, -0.2) is 33.0 Å². The fourth-order valence-electron chi connectivity index (χ4n) is 3.59. The first-order valence-corrected chi connectivity index (χ1v) is 11.1. The van der Waals surface area contributed by atoms with Crippen LogP contribution in [0, 0.1) is 11.7 Å². The van der Waals surface area contributed by atoms with Crippen molar-refractivity contribution < 1.29 is 28.2 Å². The molecule has 1 atom stereocenters. The summed E-state index contributed by atoms with van der Waals surface area (Å²) in [6.07, 6.45) is 1.45. The summed E-state index contributed by atoms with van der Waals surface area (Å²) in [5.74, 6) is -4.39. The summed E-state index contributed by atoms with van der Waals surface area (Å²) in [5.41, 5.74) is -0.143. The molecule has 4 rings (SSSR count). The average Bonchev–Trinajstić information content (AvgIpc) is 3.31. The van der Waals surface area contributed by atoms with E-state index in [0.29, 0.717) is 23.3 Å². The Labute approximate surface area is 189 Å². The Morgan fingerprint density at radius 3 is 2.75 bits per heavy atom. The van der Waals surface area contributed by atoms with Gasteiger partial charge in [-0.3, -0.25) is 19.1 Å². The summed E-state index contributed by atoms with van der Waals surface area (Å²) in [4.78, 5) is 40.3. The third-order valence-corrected chi connectivity index (χ3v) is 6.29. The molecule has 0 saturated heterocycles. The first-order valence-electron chi connectivity index (χ1n) is 9.95. The molecular formula is C20H19ClFN3O6S. The molecule has 0 fully saturated rings. The normalized spacial score (nSPS) is 15.0. The molecule has 0 bridgehead atoms. The van der Waals surface area contributed by atoms with Crippen molar-refractivity contribution in [2.24, 2.45) is 10.9 Å². The maximum Gasteiger partial charge on any atom is 0.325 e. The summed E-state index contributed by atoms with van der Waals surface area (Å²) in [5, 5.41) is 9.76. The molecule has 1 aliphatic rings. The van der Waals surface area contributed by atoms with Crippen molar-refractivity contribution in [3.05, 3.63) is 43.2 Å². The van der Waals surface area contributed by atoms with Crippen LogP contribution in [0.25, 0.3) is 11.0 Å². The van der Waals surface area contributed by atoms with Crippen molar-refractivity contribution in [2.45, 2.75) is 39.3 Å². The molecule has 3 heterocycles. The van der Waals surface area contributed by atoms with E-state index in [-0.39, 0.29) is 40.0 Å². The number of carbonyl (C=O) groups excluding carboxylic acids is 1. The molecule has 9 nitrogen and oxygen atoms in total. The Morgan fingerprint density at radius 1 is 1.34 bits per heavy atom. The van der Waals surface area contributed by atoms with Crippen LogP contribution in [0.2, 0.25) is 5.02 Å². The average molecular weight is 484 g/mol. The highest BCUT2D eigenvalue weighted by atomic mass is 35.5. The minimum atomic E-state index is -1.49. The van der Waals surface area contributed by atoms with Crippen molar-refractivity contribution >= 4 is 51.5 Å². The second-order valence-corrected chi connectivity index (χ2v) is 8.53. The molecule has 1 N–H and O–H groups in total. The summed E-state index contributed by atoms with van der Waals surface area (Å²) in [6, 6.07) is 2.54. The first kappa shape index (κ1) is 22.3. The zero-order valence-corrected chi connectivity index (χ0v) is 18.5. The van der Waals surface area contributed by atoms with Crippen molar-refractivity contribution in [1.82, 2.24) is 9.36 Å². The summed E-state index contributed by atoms with van der Waals surface area (Å²) in [6.45, 7) is 2.75. The Balaban J connectivity index is 1.82. The zero-order chi connectivity index (χ0) is 23.0. The van der Waals surface area contributed by atoms with Gasteiger partial charge in [0, 0.05) is 24.9 Å². The number of rotatable bonds is 6. The maximum atomic E-state index is 14.8. The number of furan rings is 1.